The highest BCUT2D eigenvalue weighted by molar-refractivity contribution is 5.71. The standard InChI is InChI=1S/C18H26N2O4/c1-6-20(5)17(22)23-13-9-7-12-8-10-15(14(12)11-13)19-16(21)24-18(2,3)4/h7,9,11,15H,6,8,10H2,1-5H3,(H,19,21)/t15-/m0/s1. The van der Waals surface area contributed by atoms with Gasteiger partial charge in [-0.15, -0.1) is 0 Å². The second-order valence-electron chi connectivity index (χ2n) is 6.98. The number of rotatable bonds is 3. The molecule has 6 heteroatoms. The summed E-state index contributed by atoms with van der Waals surface area (Å²) in [6.45, 7) is 7.95. The first kappa shape index (κ1) is 18.1. The van der Waals surface area contributed by atoms with Crippen LogP contribution in [-0.4, -0.2) is 36.3 Å². The number of benzene rings is 1. The smallest absolute Gasteiger partial charge is 0.414 e. The Morgan fingerprint density at radius 1 is 1.33 bits per heavy atom. The average molecular weight is 334 g/mol. The molecule has 2 rings (SSSR count). The third kappa shape index (κ3) is 4.63. The fourth-order valence-electron chi connectivity index (χ4n) is 2.55. The summed E-state index contributed by atoms with van der Waals surface area (Å²) in [5.41, 5.74) is 1.60. The lowest BCUT2D eigenvalue weighted by Crippen LogP contribution is -2.34. The first-order valence-electron chi connectivity index (χ1n) is 8.25. The zero-order valence-electron chi connectivity index (χ0n) is 15.0. The van der Waals surface area contributed by atoms with Gasteiger partial charge in [-0.3, -0.25) is 0 Å². The fraction of sp³-hybridized carbons (Fsp3) is 0.556. The molecule has 0 radical (unpaired) electrons. The van der Waals surface area contributed by atoms with Crippen molar-refractivity contribution in [2.24, 2.45) is 0 Å². The Bertz CT molecular complexity index is 622. The van der Waals surface area contributed by atoms with E-state index in [-0.39, 0.29) is 6.04 Å². The summed E-state index contributed by atoms with van der Waals surface area (Å²) in [5.74, 6) is 0.483. The fourth-order valence-corrected chi connectivity index (χ4v) is 2.55. The molecule has 0 aliphatic heterocycles. The molecule has 1 aromatic carbocycles. The van der Waals surface area contributed by atoms with Gasteiger partial charge in [0.05, 0.1) is 6.04 Å². The van der Waals surface area contributed by atoms with Crippen molar-refractivity contribution >= 4 is 12.2 Å². The van der Waals surface area contributed by atoms with Crippen LogP contribution < -0.4 is 10.1 Å². The van der Waals surface area contributed by atoms with Crippen LogP contribution in [0.1, 0.15) is 51.3 Å². The highest BCUT2D eigenvalue weighted by Crippen LogP contribution is 2.34. The molecule has 0 unspecified atom stereocenters. The number of amides is 2. The summed E-state index contributed by atoms with van der Waals surface area (Å²) in [4.78, 5) is 25.4. The van der Waals surface area contributed by atoms with Gasteiger partial charge >= 0.3 is 12.2 Å². The summed E-state index contributed by atoms with van der Waals surface area (Å²) in [6, 6.07) is 5.43. The van der Waals surface area contributed by atoms with E-state index in [1.54, 1.807) is 13.1 Å². The third-order valence-corrected chi connectivity index (χ3v) is 3.88. The average Bonchev–Trinajstić information content (AvgIpc) is 2.86. The Morgan fingerprint density at radius 3 is 2.67 bits per heavy atom. The molecule has 1 aliphatic rings. The monoisotopic (exact) mass is 334 g/mol. The molecule has 0 saturated carbocycles. The summed E-state index contributed by atoms with van der Waals surface area (Å²) in [7, 11) is 1.68. The number of hydrogen-bond acceptors (Lipinski definition) is 4. The minimum atomic E-state index is -0.534. The molecule has 0 heterocycles. The van der Waals surface area contributed by atoms with E-state index < -0.39 is 17.8 Å². The first-order valence-corrected chi connectivity index (χ1v) is 8.25. The Kier molecular flexibility index (Phi) is 5.36. The first-order chi connectivity index (χ1) is 11.2. The lowest BCUT2D eigenvalue weighted by Gasteiger charge is -2.22. The third-order valence-electron chi connectivity index (χ3n) is 3.88. The molecule has 6 nitrogen and oxygen atoms in total. The highest BCUT2D eigenvalue weighted by atomic mass is 16.6. The molecule has 2 amide bonds. The number of aryl methyl sites for hydroxylation is 1. The van der Waals surface area contributed by atoms with Crippen molar-refractivity contribution < 1.29 is 19.1 Å². The summed E-state index contributed by atoms with van der Waals surface area (Å²) in [5, 5.41) is 2.89. The molecule has 0 fully saturated rings. The van der Waals surface area contributed by atoms with Crippen molar-refractivity contribution in [3.63, 3.8) is 0 Å². The minimum Gasteiger partial charge on any atom is -0.444 e. The van der Waals surface area contributed by atoms with Crippen LogP contribution in [0.5, 0.6) is 5.75 Å². The normalized spacial score (nSPS) is 16.3. The number of alkyl carbamates (subject to hydrolysis) is 1. The van der Waals surface area contributed by atoms with Crippen molar-refractivity contribution in [1.82, 2.24) is 10.2 Å². The highest BCUT2D eigenvalue weighted by Gasteiger charge is 2.27. The Hall–Kier alpha value is -2.24. The molecule has 0 bridgehead atoms. The number of nitrogens with one attached hydrogen (secondary N) is 1. The Labute approximate surface area is 143 Å². The van der Waals surface area contributed by atoms with Crippen molar-refractivity contribution in [3.05, 3.63) is 29.3 Å². The number of nitrogens with zero attached hydrogens (tertiary/aromatic N) is 1. The van der Waals surface area contributed by atoms with Crippen molar-refractivity contribution in [2.45, 2.75) is 52.2 Å². The predicted octanol–water partition coefficient (Wildman–Crippen LogP) is 3.65. The van der Waals surface area contributed by atoms with Gasteiger partial charge in [0.1, 0.15) is 11.4 Å². The number of hydrogen-bond donors (Lipinski definition) is 1. The molecule has 1 N–H and O–H groups in total. The zero-order chi connectivity index (χ0) is 17.9. The molecule has 1 aliphatic carbocycles. The second-order valence-corrected chi connectivity index (χ2v) is 6.98. The Morgan fingerprint density at radius 2 is 2.04 bits per heavy atom. The summed E-state index contributed by atoms with van der Waals surface area (Å²) < 4.78 is 10.7. The molecular formula is C18H26N2O4. The molecule has 1 aromatic rings. The molecule has 132 valence electrons. The van der Waals surface area contributed by atoms with Gasteiger partial charge in [-0.25, -0.2) is 9.59 Å². The quantitative estimate of drug-likeness (QED) is 0.916. The van der Waals surface area contributed by atoms with E-state index in [1.165, 1.54) is 4.90 Å². The van der Waals surface area contributed by atoms with E-state index in [0.29, 0.717) is 12.3 Å². The topological polar surface area (TPSA) is 67.9 Å². The Balaban J connectivity index is 2.08. The van der Waals surface area contributed by atoms with Gasteiger partial charge in [0.15, 0.2) is 0 Å². The maximum Gasteiger partial charge on any atom is 0.414 e. The lowest BCUT2D eigenvalue weighted by molar-refractivity contribution is 0.0503. The maximum atomic E-state index is 12.0. The van der Waals surface area contributed by atoms with Crippen LogP contribution in [0.2, 0.25) is 0 Å². The number of fused-ring (bicyclic) bond motifs is 1. The van der Waals surface area contributed by atoms with E-state index in [0.717, 1.165) is 24.0 Å². The van der Waals surface area contributed by atoms with Crippen LogP contribution in [-0.2, 0) is 11.2 Å². The van der Waals surface area contributed by atoms with E-state index in [9.17, 15) is 9.59 Å². The van der Waals surface area contributed by atoms with Crippen LogP contribution >= 0.6 is 0 Å². The molecule has 0 spiro atoms. The maximum absolute atomic E-state index is 12.0. The number of carbonyl (C=O) groups excluding carboxylic acids is 2. The molecule has 1 atom stereocenters. The van der Waals surface area contributed by atoms with E-state index in [1.807, 2.05) is 39.8 Å². The van der Waals surface area contributed by atoms with Crippen molar-refractivity contribution in [3.8, 4) is 5.75 Å². The molecule has 0 aromatic heterocycles. The van der Waals surface area contributed by atoms with Gasteiger partial charge in [0.2, 0.25) is 0 Å². The van der Waals surface area contributed by atoms with E-state index in [2.05, 4.69) is 5.32 Å². The van der Waals surface area contributed by atoms with Crippen LogP contribution in [0.15, 0.2) is 18.2 Å². The van der Waals surface area contributed by atoms with Crippen molar-refractivity contribution in [1.29, 1.82) is 0 Å². The van der Waals surface area contributed by atoms with Gasteiger partial charge in [-0.2, -0.15) is 0 Å². The predicted molar refractivity (Wildman–Crippen MR) is 91.2 cm³/mol. The summed E-state index contributed by atoms with van der Waals surface area (Å²) >= 11 is 0. The van der Waals surface area contributed by atoms with E-state index in [4.69, 9.17) is 9.47 Å². The van der Waals surface area contributed by atoms with Gasteiger partial charge in [0.25, 0.3) is 0 Å². The minimum absolute atomic E-state index is 0.127. The molecule has 0 saturated heterocycles. The van der Waals surface area contributed by atoms with Crippen LogP contribution in [0, 0.1) is 0 Å². The lowest BCUT2D eigenvalue weighted by atomic mass is 10.1. The van der Waals surface area contributed by atoms with Crippen molar-refractivity contribution in [2.75, 3.05) is 13.6 Å². The number of ether oxygens (including phenoxy) is 2. The van der Waals surface area contributed by atoms with Gasteiger partial charge in [-0.1, -0.05) is 6.07 Å². The van der Waals surface area contributed by atoms with Crippen LogP contribution in [0.3, 0.4) is 0 Å². The second kappa shape index (κ2) is 7.11. The van der Waals surface area contributed by atoms with E-state index >= 15 is 0 Å². The SMILES string of the molecule is CCN(C)C(=O)Oc1ccc2c(c1)[C@@H](NC(=O)OC(C)(C)C)CC2. The van der Waals surface area contributed by atoms with Crippen LogP contribution in [0.4, 0.5) is 9.59 Å². The molecular weight excluding hydrogens is 308 g/mol. The summed E-state index contributed by atoms with van der Waals surface area (Å²) in [6.07, 6.45) is 0.847. The largest absolute Gasteiger partial charge is 0.444 e. The van der Waals surface area contributed by atoms with Gasteiger partial charge in [0, 0.05) is 13.6 Å². The number of carbonyl (C=O) groups is 2. The van der Waals surface area contributed by atoms with Crippen LogP contribution in [0.25, 0.3) is 0 Å². The molecule has 24 heavy (non-hydrogen) atoms. The van der Waals surface area contributed by atoms with Gasteiger partial charge < -0.3 is 19.7 Å². The van der Waals surface area contributed by atoms with Gasteiger partial charge in [-0.05, 0) is 63.8 Å². The zero-order valence-corrected chi connectivity index (χ0v) is 15.0.